The predicted molar refractivity (Wildman–Crippen MR) is 182 cm³/mol. The Morgan fingerprint density at radius 1 is 1.04 bits per heavy atom. The summed E-state index contributed by atoms with van der Waals surface area (Å²) in [6, 6.07) is 12.5. The van der Waals surface area contributed by atoms with Crippen LogP contribution in [0.3, 0.4) is 0 Å². The third-order valence-corrected chi connectivity index (χ3v) is 10.4. The van der Waals surface area contributed by atoms with Gasteiger partial charge in [-0.3, -0.25) is 4.79 Å². The Morgan fingerprint density at radius 2 is 1.76 bits per heavy atom. The molecule has 2 aliphatic rings. The molecule has 4 amide bonds. The number of rotatable bonds is 18. The molecule has 7 N–H and O–H groups in total. The molecule has 15 nitrogen and oxygen atoms in total. The Hall–Kier alpha value is -3.96. The number of alkyl carbamates (subject to hydrolysis) is 1. The summed E-state index contributed by atoms with van der Waals surface area (Å²) in [4.78, 5) is 36.2. The maximum atomic E-state index is 13.7. The summed E-state index contributed by atoms with van der Waals surface area (Å²) in [5.74, 6) is -0.278. The Balaban J connectivity index is 1.53. The van der Waals surface area contributed by atoms with E-state index < -0.39 is 64.1 Å². The van der Waals surface area contributed by atoms with Gasteiger partial charge in [-0.25, -0.2) is 22.7 Å². The molecule has 276 valence electrons. The van der Waals surface area contributed by atoms with Crippen LogP contribution in [0.1, 0.15) is 45.1 Å². The molecule has 0 aliphatic carbocycles. The summed E-state index contributed by atoms with van der Waals surface area (Å²) in [7, 11) is -2.68. The average Bonchev–Trinajstić information content (AvgIpc) is 3.70. The number of nitrogens with two attached hydrogens (primary N) is 1. The fraction of sp³-hybridized carbons (Fsp3) is 0.559. The van der Waals surface area contributed by atoms with E-state index in [4.69, 9.17) is 24.7 Å². The van der Waals surface area contributed by atoms with E-state index >= 15 is 0 Å². The molecule has 0 bridgehead atoms. The summed E-state index contributed by atoms with van der Waals surface area (Å²) in [5.41, 5.74) is 5.31. The molecule has 2 heterocycles. The standard InChI is InChI=1S/C34H49N5O10S/c1-34(2,15-7-16-36-32(42)37-20-29(35)40)19-27(39-50(44,45)24-12-10-23(46-3)11-13-24)30(41)26(18-22-8-5-4-6-9-22)38-33(43)49-28-21-48-31-25(28)14-17-47-31/h4-6,8-13,25-28,30-31,39,41H,7,14-21H2,1-3H3,(H2,35,40)(H,38,43)(H2,36,37,42)/t25-,26+,27?,28-,30-,31+/m1/s1. The number of urea groups is 1. The molecule has 2 aromatic carbocycles. The summed E-state index contributed by atoms with van der Waals surface area (Å²) < 4.78 is 52.2. The third kappa shape index (κ3) is 11.6. The van der Waals surface area contributed by atoms with Gasteiger partial charge in [0.15, 0.2) is 6.29 Å². The van der Waals surface area contributed by atoms with Crippen LogP contribution in [0.25, 0.3) is 0 Å². The van der Waals surface area contributed by atoms with Crippen LogP contribution in [0.15, 0.2) is 59.5 Å². The number of carbonyl (C=O) groups is 3. The minimum atomic E-state index is -4.16. The smallest absolute Gasteiger partial charge is 0.407 e. The highest BCUT2D eigenvalue weighted by molar-refractivity contribution is 7.89. The first kappa shape index (κ1) is 38.8. The van der Waals surface area contributed by atoms with Gasteiger partial charge in [-0.15, -0.1) is 0 Å². The van der Waals surface area contributed by atoms with Gasteiger partial charge in [-0.05, 0) is 67.3 Å². The summed E-state index contributed by atoms with van der Waals surface area (Å²) in [6.07, 6.45) is -1.03. The topological polar surface area (TPSA) is 217 Å². The summed E-state index contributed by atoms with van der Waals surface area (Å²) in [6.45, 7) is 4.54. The van der Waals surface area contributed by atoms with Crippen LogP contribution < -0.4 is 31.1 Å². The number of benzene rings is 2. The number of methoxy groups -OCH3 is 1. The number of nitrogens with one attached hydrogen (secondary N) is 4. The number of hydrogen-bond acceptors (Lipinski definition) is 10. The van der Waals surface area contributed by atoms with Gasteiger partial charge in [-0.1, -0.05) is 44.2 Å². The molecule has 0 radical (unpaired) electrons. The van der Waals surface area contributed by atoms with Crippen LogP contribution in [0.5, 0.6) is 5.75 Å². The van der Waals surface area contributed by atoms with Crippen LogP contribution in [0.4, 0.5) is 9.59 Å². The van der Waals surface area contributed by atoms with E-state index in [1.54, 1.807) is 0 Å². The van der Waals surface area contributed by atoms with Crippen molar-refractivity contribution in [1.29, 1.82) is 0 Å². The maximum Gasteiger partial charge on any atom is 0.407 e. The molecular formula is C34H49N5O10S. The van der Waals surface area contributed by atoms with E-state index in [9.17, 15) is 27.9 Å². The predicted octanol–water partition coefficient (Wildman–Crippen LogP) is 1.78. The molecule has 50 heavy (non-hydrogen) atoms. The zero-order valence-corrected chi connectivity index (χ0v) is 29.4. The quantitative estimate of drug-likeness (QED) is 0.123. The van der Waals surface area contributed by atoms with Crippen molar-refractivity contribution in [1.82, 2.24) is 20.7 Å². The maximum absolute atomic E-state index is 13.7. The van der Waals surface area contributed by atoms with Gasteiger partial charge in [0, 0.05) is 6.54 Å². The summed E-state index contributed by atoms with van der Waals surface area (Å²) in [5, 5.41) is 19.9. The van der Waals surface area contributed by atoms with Gasteiger partial charge in [0.2, 0.25) is 15.9 Å². The van der Waals surface area contributed by atoms with Crippen LogP contribution in [-0.2, 0) is 35.4 Å². The molecule has 16 heteroatoms. The molecule has 0 aromatic heterocycles. The van der Waals surface area contributed by atoms with Crippen LogP contribution >= 0.6 is 0 Å². The molecule has 2 aromatic rings. The number of ether oxygens (including phenoxy) is 4. The number of aliphatic hydroxyl groups is 1. The monoisotopic (exact) mass is 719 g/mol. The van der Waals surface area contributed by atoms with Crippen molar-refractivity contribution in [2.24, 2.45) is 17.1 Å². The Labute approximate surface area is 293 Å². The lowest BCUT2D eigenvalue weighted by Gasteiger charge is -2.36. The van der Waals surface area contributed by atoms with Gasteiger partial charge >= 0.3 is 12.1 Å². The first-order chi connectivity index (χ1) is 23.8. The second-order valence-corrected chi connectivity index (χ2v) is 15.1. The first-order valence-electron chi connectivity index (χ1n) is 16.6. The van der Waals surface area contributed by atoms with E-state index in [1.807, 2.05) is 44.2 Å². The van der Waals surface area contributed by atoms with Gasteiger partial charge in [0.1, 0.15) is 11.9 Å². The van der Waals surface area contributed by atoms with Gasteiger partial charge < -0.3 is 45.7 Å². The van der Waals surface area contributed by atoms with Crippen molar-refractivity contribution in [3.8, 4) is 5.75 Å². The molecule has 2 aliphatic heterocycles. The van der Waals surface area contributed by atoms with Crippen molar-refractivity contribution in [3.05, 3.63) is 60.2 Å². The molecular weight excluding hydrogens is 670 g/mol. The van der Waals surface area contributed by atoms with Crippen LogP contribution in [0.2, 0.25) is 0 Å². The molecule has 4 rings (SSSR count). The number of fused-ring (bicyclic) bond motifs is 1. The van der Waals surface area contributed by atoms with Crippen molar-refractivity contribution >= 4 is 28.1 Å². The number of sulfonamides is 1. The highest BCUT2D eigenvalue weighted by Gasteiger charge is 2.44. The minimum absolute atomic E-state index is 0.0268. The third-order valence-electron chi connectivity index (χ3n) is 8.86. The second kappa shape index (κ2) is 17.8. The molecule has 0 saturated carbocycles. The summed E-state index contributed by atoms with van der Waals surface area (Å²) >= 11 is 0. The lowest BCUT2D eigenvalue weighted by atomic mass is 9.79. The van der Waals surface area contributed by atoms with Gasteiger partial charge in [-0.2, -0.15) is 0 Å². The highest BCUT2D eigenvalue weighted by Crippen LogP contribution is 2.34. The second-order valence-electron chi connectivity index (χ2n) is 13.4. The lowest BCUT2D eigenvalue weighted by molar-refractivity contribution is -0.117. The Morgan fingerprint density at radius 3 is 2.44 bits per heavy atom. The van der Waals surface area contributed by atoms with Crippen molar-refractivity contribution in [2.45, 2.75) is 81.4 Å². The Kier molecular flexibility index (Phi) is 13.8. The number of primary amides is 1. The minimum Gasteiger partial charge on any atom is -0.497 e. The average molecular weight is 720 g/mol. The van der Waals surface area contributed by atoms with Crippen LogP contribution in [-0.4, -0.2) is 95.6 Å². The molecule has 2 fully saturated rings. The molecule has 0 spiro atoms. The van der Waals surface area contributed by atoms with E-state index in [0.717, 1.165) is 5.56 Å². The number of aliphatic hydroxyl groups excluding tert-OH is 1. The zero-order chi connectivity index (χ0) is 36.3. The molecule has 2 saturated heterocycles. The lowest BCUT2D eigenvalue weighted by Crippen LogP contribution is -2.56. The van der Waals surface area contributed by atoms with Crippen LogP contribution in [0, 0.1) is 11.3 Å². The fourth-order valence-electron chi connectivity index (χ4n) is 6.23. The van der Waals surface area contributed by atoms with Gasteiger partial charge in [0.25, 0.3) is 0 Å². The van der Waals surface area contributed by atoms with E-state index in [-0.39, 0.29) is 43.4 Å². The van der Waals surface area contributed by atoms with Gasteiger partial charge in [0.05, 0.1) is 55.9 Å². The zero-order valence-electron chi connectivity index (χ0n) is 28.6. The van der Waals surface area contributed by atoms with E-state index in [2.05, 4.69) is 20.7 Å². The van der Waals surface area contributed by atoms with Crippen molar-refractivity contribution in [3.63, 3.8) is 0 Å². The normalized spacial score (nSPS) is 20.6. The Bertz CT molecular complexity index is 1530. The highest BCUT2D eigenvalue weighted by atomic mass is 32.2. The van der Waals surface area contributed by atoms with Crippen molar-refractivity contribution < 1.29 is 46.9 Å². The van der Waals surface area contributed by atoms with Crippen molar-refractivity contribution in [2.75, 3.05) is 33.4 Å². The molecule has 1 unspecified atom stereocenters. The van der Waals surface area contributed by atoms with E-state index in [0.29, 0.717) is 31.6 Å². The SMILES string of the molecule is COc1ccc(S(=O)(=O)NC(CC(C)(C)CCCNC(=O)NCC(N)=O)[C@H](O)[C@H](Cc2ccccc2)NC(=O)O[C@@H]2CO[C@@H]3OCC[C@@H]32)cc1. The number of hydrogen-bond donors (Lipinski definition) is 6. The van der Waals surface area contributed by atoms with E-state index in [1.165, 1.54) is 31.4 Å². The molecule has 6 atom stereocenters. The largest absolute Gasteiger partial charge is 0.497 e. The number of carbonyl (C=O) groups excluding carboxylic acids is 3. The number of amides is 4. The fourth-order valence-corrected chi connectivity index (χ4v) is 7.48. The first-order valence-corrected chi connectivity index (χ1v) is 18.1.